The molecule has 0 aliphatic heterocycles. The Morgan fingerprint density at radius 3 is 2.50 bits per heavy atom. The Bertz CT molecular complexity index is 462. The molecule has 1 aromatic rings. The number of rotatable bonds is 7. The first-order valence-electron chi connectivity index (χ1n) is 6.33. The van der Waals surface area contributed by atoms with Crippen LogP contribution < -0.4 is 5.32 Å². The molecule has 1 rings (SSSR count). The molecular weight excluding hydrogens is 324 g/mol. The molecule has 6 heteroatoms. The van der Waals surface area contributed by atoms with Crippen LogP contribution in [-0.4, -0.2) is 42.0 Å². The van der Waals surface area contributed by atoms with E-state index in [0.29, 0.717) is 6.54 Å². The Morgan fingerprint density at radius 2 is 1.95 bits per heavy atom. The van der Waals surface area contributed by atoms with Gasteiger partial charge in [-0.05, 0) is 31.7 Å². The summed E-state index contributed by atoms with van der Waals surface area (Å²) in [6.07, 6.45) is 0.0338. The Balaban J connectivity index is 2.41. The lowest BCUT2D eigenvalue weighted by Gasteiger charge is -2.18. The molecule has 0 bridgehead atoms. The number of carboxylic acids is 1. The Labute approximate surface area is 127 Å². The van der Waals surface area contributed by atoms with Gasteiger partial charge in [0.15, 0.2) is 0 Å². The smallest absolute Gasteiger partial charge is 0.304 e. The van der Waals surface area contributed by atoms with E-state index in [4.69, 9.17) is 5.11 Å². The quantitative estimate of drug-likeness (QED) is 0.795. The Kier molecular flexibility index (Phi) is 6.67. The number of aliphatic carboxylic acids is 1. The number of carbonyl (C=O) groups is 2. The molecule has 110 valence electrons. The number of carbonyl (C=O) groups excluding carboxylic acids is 1. The fraction of sp³-hybridized carbons (Fsp3) is 0.429. The summed E-state index contributed by atoms with van der Waals surface area (Å²) in [5.74, 6) is -0.978. The average molecular weight is 343 g/mol. The van der Waals surface area contributed by atoms with Crippen LogP contribution in [0.4, 0.5) is 0 Å². The summed E-state index contributed by atoms with van der Waals surface area (Å²) in [6.45, 7) is 2.46. The second kappa shape index (κ2) is 8.01. The molecule has 2 N–H and O–H groups in total. The topological polar surface area (TPSA) is 69.6 Å². The van der Waals surface area contributed by atoms with E-state index in [1.807, 2.05) is 31.2 Å². The van der Waals surface area contributed by atoms with E-state index in [1.54, 1.807) is 11.9 Å². The first kappa shape index (κ1) is 16.7. The summed E-state index contributed by atoms with van der Waals surface area (Å²) < 4.78 is 0.994. The number of halogens is 1. The maximum absolute atomic E-state index is 11.8. The number of nitrogens with one attached hydrogen (secondary N) is 1. The maximum atomic E-state index is 11.8. The maximum Gasteiger partial charge on any atom is 0.304 e. The van der Waals surface area contributed by atoms with Crippen LogP contribution in [0.5, 0.6) is 0 Å². The van der Waals surface area contributed by atoms with Crippen LogP contribution in [0.25, 0.3) is 0 Å². The predicted molar refractivity (Wildman–Crippen MR) is 80.4 cm³/mol. The summed E-state index contributed by atoms with van der Waals surface area (Å²) >= 11 is 3.37. The minimum absolute atomic E-state index is 0.0338. The first-order chi connectivity index (χ1) is 9.38. The van der Waals surface area contributed by atoms with Gasteiger partial charge in [0.25, 0.3) is 0 Å². The van der Waals surface area contributed by atoms with E-state index in [-0.39, 0.29) is 24.9 Å². The molecule has 0 saturated heterocycles. The minimum atomic E-state index is -0.861. The van der Waals surface area contributed by atoms with Gasteiger partial charge in [-0.3, -0.25) is 14.5 Å². The fourth-order valence-corrected chi connectivity index (χ4v) is 2.00. The van der Waals surface area contributed by atoms with Crippen molar-refractivity contribution in [1.29, 1.82) is 0 Å². The summed E-state index contributed by atoms with van der Waals surface area (Å²) in [7, 11) is 1.73. The summed E-state index contributed by atoms with van der Waals surface area (Å²) in [5, 5.41) is 11.5. The molecule has 1 unspecified atom stereocenters. The zero-order chi connectivity index (χ0) is 15.1. The largest absolute Gasteiger partial charge is 0.481 e. The number of carboxylic acid groups (broad SMARTS) is 1. The lowest BCUT2D eigenvalue weighted by Crippen LogP contribution is -2.37. The zero-order valence-corrected chi connectivity index (χ0v) is 13.2. The molecule has 5 nitrogen and oxygen atoms in total. The van der Waals surface area contributed by atoms with Gasteiger partial charge in [-0.1, -0.05) is 28.1 Å². The van der Waals surface area contributed by atoms with Gasteiger partial charge in [-0.15, -0.1) is 0 Å². The summed E-state index contributed by atoms with van der Waals surface area (Å²) in [6, 6.07) is 7.67. The van der Waals surface area contributed by atoms with Gasteiger partial charge in [0.1, 0.15) is 0 Å². The van der Waals surface area contributed by atoms with E-state index >= 15 is 0 Å². The van der Waals surface area contributed by atoms with E-state index in [0.717, 1.165) is 10.0 Å². The van der Waals surface area contributed by atoms with E-state index in [1.165, 1.54) is 0 Å². The van der Waals surface area contributed by atoms with Crippen molar-refractivity contribution in [3.05, 3.63) is 34.3 Å². The van der Waals surface area contributed by atoms with Crippen molar-refractivity contribution in [3.8, 4) is 0 Å². The Hall–Kier alpha value is -1.40. The number of hydrogen-bond donors (Lipinski definition) is 2. The average Bonchev–Trinajstić information content (AvgIpc) is 2.36. The van der Waals surface area contributed by atoms with E-state index < -0.39 is 5.97 Å². The van der Waals surface area contributed by atoms with Gasteiger partial charge in [-0.2, -0.15) is 0 Å². The molecule has 1 amide bonds. The molecule has 0 radical (unpaired) electrons. The molecule has 0 aliphatic carbocycles. The van der Waals surface area contributed by atoms with E-state index in [9.17, 15) is 9.59 Å². The molecule has 1 aromatic carbocycles. The SMILES string of the molecule is CC(NC(=O)CN(C)CCC(=O)O)c1ccc(Br)cc1. The molecular formula is C14H19BrN2O3. The van der Waals surface area contributed by atoms with Crippen LogP contribution in [0.1, 0.15) is 24.9 Å². The normalized spacial score (nSPS) is 12.2. The monoisotopic (exact) mass is 342 g/mol. The molecule has 0 fully saturated rings. The highest BCUT2D eigenvalue weighted by Crippen LogP contribution is 2.16. The highest BCUT2D eigenvalue weighted by Gasteiger charge is 2.12. The van der Waals surface area contributed by atoms with Gasteiger partial charge in [0, 0.05) is 11.0 Å². The van der Waals surface area contributed by atoms with Crippen LogP contribution in [0.15, 0.2) is 28.7 Å². The summed E-state index contributed by atoms with van der Waals surface area (Å²) in [5.41, 5.74) is 1.02. The van der Waals surface area contributed by atoms with Crippen molar-refractivity contribution in [2.75, 3.05) is 20.1 Å². The van der Waals surface area contributed by atoms with Crippen molar-refractivity contribution in [3.63, 3.8) is 0 Å². The minimum Gasteiger partial charge on any atom is -0.481 e. The van der Waals surface area contributed by atoms with Gasteiger partial charge in [0.05, 0.1) is 19.0 Å². The number of nitrogens with zero attached hydrogens (tertiary/aromatic N) is 1. The van der Waals surface area contributed by atoms with E-state index in [2.05, 4.69) is 21.2 Å². The van der Waals surface area contributed by atoms with Crippen molar-refractivity contribution in [2.24, 2.45) is 0 Å². The number of amides is 1. The molecule has 0 heterocycles. The Morgan fingerprint density at radius 1 is 1.35 bits per heavy atom. The van der Waals surface area contributed by atoms with Crippen LogP contribution in [0.2, 0.25) is 0 Å². The third kappa shape index (κ3) is 6.16. The van der Waals surface area contributed by atoms with Crippen LogP contribution >= 0.6 is 15.9 Å². The second-order valence-electron chi connectivity index (χ2n) is 4.72. The molecule has 0 spiro atoms. The molecule has 20 heavy (non-hydrogen) atoms. The number of likely N-dealkylation sites (N-methyl/N-ethyl adjacent to an activating group) is 1. The zero-order valence-electron chi connectivity index (χ0n) is 11.6. The standard InChI is InChI=1S/C14H19BrN2O3/c1-10(11-3-5-12(15)6-4-11)16-13(18)9-17(2)8-7-14(19)20/h3-6,10H,7-9H2,1-2H3,(H,16,18)(H,19,20). The lowest BCUT2D eigenvalue weighted by molar-refractivity contribution is -0.137. The van der Waals surface area contributed by atoms with Gasteiger partial charge in [-0.25, -0.2) is 0 Å². The highest BCUT2D eigenvalue weighted by atomic mass is 79.9. The fourth-order valence-electron chi connectivity index (χ4n) is 1.73. The highest BCUT2D eigenvalue weighted by molar-refractivity contribution is 9.10. The van der Waals surface area contributed by atoms with Crippen molar-refractivity contribution >= 4 is 27.8 Å². The van der Waals surface area contributed by atoms with Crippen LogP contribution in [0, 0.1) is 0 Å². The van der Waals surface area contributed by atoms with Gasteiger partial charge >= 0.3 is 5.97 Å². The van der Waals surface area contributed by atoms with Crippen molar-refractivity contribution in [1.82, 2.24) is 10.2 Å². The second-order valence-corrected chi connectivity index (χ2v) is 5.64. The van der Waals surface area contributed by atoms with Crippen molar-refractivity contribution < 1.29 is 14.7 Å². The molecule has 0 aliphatic rings. The third-order valence-electron chi connectivity index (χ3n) is 2.87. The first-order valence-corrected chi connectivity index (χ1v) is 7.13. The summed E-state index contributed by atoms with van der Waals surface area (Å²) in [4.78, 5) is 24.0. The molecule has 0 aromatic heterocycles. The van der Waals surface area contributed by atoms with Crippen molar-refractivity contribution in [2.45, 2.75) is 19.4 Å². The van der Waals surface area contributed by atoms with Gasteiger partial charge in [0.2, 0.25) is 5.91 Å². The van der Waals surface area contributed by atoms with Gasteiger partial charge < -0.3 is 10.4 Å². The molecule has 0 saturated carbocycles. The van der Waals surface area contributed by atoms with Crippen LogP contribution in [-0.2, 0) is 9.59 Å². The van der Waals surface area contributed by atoms with Crippen LogP contribution in [0.3, 0.4) is 0 Å². The number of hydrogen-bond acceptors (Lipinski definition) is 3. The third-order valence-corrected chi connectivity index (χ3v) is 3.40. The lowest BCUT2D eigenvalue weighted by atomic mass is 10.1. The predicted octanol–water partition coefficient (Wildman–Crippen LogP) is 2.03. The number of benzene rings is 1. The molecule has 1 atom stereocenters.